The molecule has 0 aliphatic heterocycles. The normalized spacial score (nSPS) is 12.4. The van der Waals surface area contributed by atoms with Crippen LogP contribution in [0.4, 0.5) is 4.39 Å². The predicted molar refractivity (Wildman–Crippen MR) is 107 cm³/mol. The SMILES string of the molecule is CC(=O)N/C(=C\c1ccc(F)cc1)C(=O)N[C@@H](Cc1c[nH]c2ccccc12)C(=O)[O-]. The Hall–Kier alpha value is -3.94. The number of benzene rings is 2. The van der Waals surface area contributed by atoms with Crippen LogP contribution >= 0.6 is 0 Å². The van der Waals surface area contributed by atoms with E-state index in [1.165, 1.54) is 37.3 Å². The molecule has 1 atom stereocenters. The first-order chi connectivity index (χ1) is 14.3. The lowest BCUT2D eigenvalue weighted by molar-refractivity contribution is -0.308. The number of hydrogen-bond acceptors (Lipinski definition) is 4. The minimum absolute atomic E-state index is 0.0119. The summed E-state index contributed by atoms with van der Waals surface area (Å²) in [6, 6.07) is 11.3. The van der Waals surface area contributed by atoms with Gasteiger partial charge in [-0.15, -0.1) is 0 Å². The Morgan fingerprint density at radius 1 is 1.13 bits per heavy atom. The number of amides is 2. The molecule has 0 radical (unpaired) electrons. The molecule has 0 aliphatic rings. The van der Waals surface area contributed by atoms with Crippen LogP contribution in [0, 0.1) is 5.82 Å². The molecule has 0 bridgehead atoms. The van der Waals surface area contributed by atoms with Crippen molar-refractivity contribution in [3.8, 4) is 0 Å². The van der Waals surface area contributed by atoms with Gasteiger partial charge in [0, 0.05) is 30.4 Å². The van der Waals surface area contributed by atoms with Crippen molar-refractivity contribution in [1.82, 2.24) is 15.6 Å². The van der Waals surface area contributed by atoms with Crippen molar-refractivity contribution in [2.45, 2.75) is 19.4 Å². The van der Waals surface area contributed by atoms with Crippen molar-refractivity contribution in [3.05, 3.63) is 77.4 Å². The van der Waals surface area contributed by atoms with Gasteiger partial charge in [0.25, 0.3) is 5.91 Å². The molecule has 0 fully saturated rings. The zero-order chi connectivity index (χ0) is 21.7. The van der Waals surface area contributed by atoms with Crippen LogP contribution < -0.4 is 15.7 Å². The lowest BCUT2D eigenvalue weighted by Gasteiger charge is -2.20. The second kappa shape index (κ2) is 9.04. The van der Waals surface area contributed by atoms with Crippen LogP contribution in [0.25, 0.3) is 17.0 Å². The van der Waals surface area contributed by atoms with E-state index in [-0.39, 0.29) is 12.1 Å². The maximum atomic E-state index is 13.1. The molecule has 2 aromatic carbocycles. The van der Waals surface area contributed by atoms with Gasteiger partial charge in [-0.25, -0.2) is 4.39 Å². The second-order valence-electron chi connectivity index (χ2n) is 6.70. The maximum absolute atomic E-state index is 13.1. The summed E-state index contributed by atoms with van der Waals surface area (Å²) in [6.07, 6.45) is 2.99. The number of aromatic amines is 1. The molecular formula is C22H19FN3O4-. The Balaban J connectivity index is 1.83. The molecule has 0 spiro atoms. The van der Waals surface area contributed by atoms with Gasteiger partial charge in [-0.1, -0.05) is 30.3 Å². The fraction of sp³-hybridized carbons (Fsp3) is 0.136. The molecule has 1 heterocycles. The topological polar surface area (TPSA) is 114 Å². The van der Waals surface area contributed by atoms with Gasteiger partial charge in [-0.3, -0.25) is 9.59 Å². The summed E-state index contributed by atoms with van der Waals surface area (Å²) in [5.41, 5.74) is 1.82. The summed E-state index contributed by atoms with van der Waals surface area (Å²) in [6.45, 7) is 1.22. The number of aliphatic carboxylic acids is 1. The highest BCUT2D eigenvalue weighted by atomic mass is 19.1. The van der Waals surface area contributed by atoms with Gasteiger partial charge < -0.3 is 25.5 Å². The molecule has 30 heavy (non-hydrogen) atoms. The third kappa shape index (κ3) is 5.11. The first-order valence-electron chi connectivity index (χ1n) is 9.15. The summed E-state index contributed by atoms with van der Waals surface area (Å²) in [4.78, 5) is 38.9. The lowest BCUT2D eigenvalue weighted by Crippen LogP contribution is -2.50. The van der Waals surface area contributed by atoms with E-state index < -0.39 is 29.6 Å². The molecule has 0 aliphatic carbocycles. The monoisotopic (exact) mass is 408 g/mol. The van der Waals surface area contributed by atoms with Crippen LogP contribution in [0.2, 0.25) is 0 Å². The average Bonchev–Trinajstić information content (AvgIpc) is 3.11. The Morgan fingerprint density at radius 3 is 2.50 bits per heavy atom. The van der Waals surface area contributed by atoms with Gasteiger partial charge in [0.1, 0.15) is 11.5 Å². The summed E-state index contributed by atoms with van der Waals surface area (Å²) in [5.74, 6) is -3.23. The zero-order valence-electron chi connectivity index (χ0n) is 16.1. The summed E-state index contributed by atoms with van der Waals surface area (Å²) in [7, 11) is 0. The van der Waals surface area contributed by atoms with E-state index in [1.807, 2.05) is 24.3 Å². The minimum atomic E-state index is -1.46. The number of hydrogen-bond donors (Lipinski definition) is 3. The third-order valence-corrected chi connectivity index (χ3v) is 4.43. The second-order valence-corrected chi connectivity index (χ2v) is 6.70. The molecule has 154 valence electrons. The largest absolute Gasteiger partial charge is 0.548 e. The Bertz CT molecular complexity index is 1120. The smallest absolute Gasteiger partial charge is 0.268 e. The molecular weight excluding hydrogens is 389 g/mol. The molecule has 3 N–H and O–H groups in total. The number of carboxylic acid groups (broad SMARTS) is 1. The van der Waals surface area contributed by atoms with E-state index in [1.54, 1.807) is 6.20 Å². The third-order valence-electron chi connectivity index (χ3n) is 4.43. The molecule has 0 unspecified atom stereocenters. The molecule has 3 aromatic rings. The number of carbonyl (C=O) groups excluding carboxylic acids is 3. The van der Waals surface area contributed by atoms with Crippen LogP contribution in [-0.2, 0) is 20.8 Å². The molecule has 7 nitrogen and oxygen atoms in total. The highest BCUT2D eigenvalue weighted by Crippen LogP contribution is 2.19. The molecule has 1 aromatic heterocycles. The fourth-order valence-corrected chi connectivity index (χ4v) is 3.02. The van der Waals surface area contributed by atoms with E-state index in [2.05, 4.69) is 15.6 Å². The Kier molecular flexibility index (Phi) is 6.26. The van der Waals surface area contributed by atoms with Gasteiger partial charge in [0.2, 0.25) is 5.91 Å². The van der Waals surface area contributed by atoms with E-state index in [9.17, 15) is 23.9 Å². The molecule has 2 amide bonds. The van der Waals surface area contributed by atoms with Crippen LogP contribution in [0.3, 0.4) is 0 Å². The van der Waals surface area contributed by atoms with Crippen molar-refractivity contribution < 1.29 is 23.9 Å². The van der Waals surface area contributed by atoms with Gasteiger partial charge in [-0.05, 0) is 35.4 Å². The quantitative estimate of drug-likeness (QED) is 0.511. The van der Waals surface area contributed by atoms with Crippen molar-refractivity contribution in [3.63, 3.8) is 0 Å². The highest BCUT2D eigenvalue weighted by molar-refractivity contribution is 6.02. The molecule has 3 rings (SSSR count). The van der Waals surface area contributed by atoms with E-state index in [0.717, 1.165) is 10.9 Å². The van der Waals surface area contributed by atoms with Crippen LogP contribution in [0.15, 0.2) is 60.4 Å². The number of fused-ring (bicyclic) bond motifs is 1. The standard InChI is InChI=1S/C22H20FN3O4/c1-13(27)25-19(10-14-6-8-16(23)9-7-14)21(28)26-20(22(29)30)11-15-12-24-18-5-3-2-4-17(15)18/h2-10,12,20,24H,11H2,1H3,(H,25,27)(H,26,28)(H,29,30)/p-1/b19-10-/t20-/m0/s1. The van der Waals surface area contributed by atoms with Gasteiger partial charge in [0.15, 0.2) is 0 Å². The van der Waals surface area contributed by atoms with E-state index >= 15 is 0 Å². The van der Waals surface area contributed by atoms with Crippen LogP contribution in [0.1, 0.15) is 18.1 Å². The van der Waals surface area contributed by atoms with Gasteiger partial charge in [0.05, 0.1) is 12.0 Å². The zero-order valence-corrected chi connectivity index (χ0v) is 16.1. The van der Waals surface area contributed by atoms with E-state index in [4.69, 9.17) is 0 Å². The fourth-order valence-electron chi connectivity index (χ4n) is 3.02. The van der Waals surface area contributed by atoms with Crippen molar-refractivity contribution in [1.29, 1.82) is 0 Å². The number of para-hydroxylation sites is 1. The molecule has 0 saturated heterocycles. The highest BCUT2D eigenvalue weighted by Gasteiger charge is 2.19. The minimum Gasteiger partial charge on any atom is -0.548 e. The van der Waals surface area contributed by atoms with Crippen molar-refractivity contribution >= 4 is 34.8 Å². The summed E-state index contributed by atoms with van der Waals surface area (Å²) >= 11 is 0. The Labute approximate surface area is 171 Å². The number of rotatable bonds is 7. The summed E-state index contributed by atoms with van der Waals surface area (Å²) < 4.78 is 13.1. The van der Waals surface area contributed by atoms with E-state index in [0.29, 0.717) is 11.1 Å². The number of carboxylic acids is 1. The number of aromatic nitrogens is 1. The maximum Gasteiger partial charge on any atom is 0.268 e. The number of carbonyl (C=O) groups is 3. The average molecular weight is 408 g/mol. The number of H-pyrrole nitrogens is 1. The number of halogens is 1. The van der Waals surface area contributed by atoms with Crippen LogP contribution in [-0.4, -0.2) is 28.8 Å². The van der Waals surface area contributed by atoms with Crippen LogP contribution in [0.5, 0.6) is 0 Å². The van der Waals surface area contributed by atoms with Crippen molar-refractivity contribution in [2.24, 2.45) is 0 Å². The molecule has 0 saturated carbocycles. The first-order valence-corrected chi connectivity index (χ1v) is 9.15. The number of nitrogens with one attached hydrogen (secondary N) is 3. The molecule has 8 heteroatoms. The van der Waals surface area contributed by atoms with Gasteiger partial charge in [-0.2, -0.15) is 0 Å². The predicted octanol–water partition coefficient (Wildman–Crippen LogP) is 1.26. The summed E-state index contributed by atoms with van der Waals surface area (Å²) in [5, 5.41) is 17.2. The first kappa shape index (κ1) is 20.8. The van der Waals surface area contributed by atoms with Gasteiger partial charge >= 0.3 is 0 Å². The lowest BCUT2D eigenvalue weighted by atomic mass is 10.0. The van der Waals surface area contributed by atoms with Crippen molar-refractivity contribution in [2.75, 3.05) is 0 Å². The Morgan fingerprint density at radius 2 is 1.83 bits per heavy atom.